The Balaban J connectivity index is 1.42. The topological polar surface area (TPSA) is 138 Å². The van der Waals surface area contributed by atoms with E-state index in [4.69, 9.17) is 14.5 Å². The van der Waals surface area contributed by atoms with Crippen molar-refractivity contribution in [2.75, 3.05) is 55.6 Å². The molecule has 0 radical (unpaired) electrons. The number of urea groups is 1. The van der Waals surface area contributed by atoms with Gasteiger partial charge in [-0.05, 0) is 55.5 Å². The zero-order valence-electron chi connectivity index (χ0n) is 27.0. The normalized spacial score (nSPS) is 13.7. The molecule has 1 fully saturated rings. The lowest BCUT2D eigenvalue weighted by Crippen LogP contribution is -2.57. The van der Waals surface area contributed by atoms with Gasteiger partial charge in [-0.1, -0.05) is 0 Å². The van der Waals surface area contributed by atoms with E-state index < -0.39 is 29.3 Å². The van der Waals surface area contributed by atoms with Crippen molar-refractivity contribution in [2.24, 2.45) is 0 Å². The van der Waals surface area contributed by atoms with Crippen LogP contribution in [0.4, 0.5) is 25.0 Å². The fraction of sp³-hybridized carbons (Fsp3) is 0.265. The Morgan fingerprint density at radius 2 is 1.71 bits per heavy atom. The van der Waals surface area contributed by atoms with Crippen LogP contribution in [0, 0.1) is 11.6 Å². The summed E-state index contributed by atoms with van der Waals surface area (Å²) in [5.41, 5.74) is 0.961. The molecule has 13 nitrogen and oxygen atoms in total. The third kappa shape index (κ3) is 6.86. The number of piperazine rings is 1. The van der Waals surface area contributed by atoms with E-state index in [9.17, 15) is 23.2 Å². The number of rotatable bonds is 9. The highest BCUT2D eigenvalue weighted by atomic mass is 19.1. The molecule has 6 rings (SSSR count). The molecule has 1 saturated heterocycles. The second kappa shape index (κ2) is 14.0. The molecule has 1 unspecified atom stereocenters. The number of hydrogen-bond acceptors (Lipinski definition) is 8. The molecule has 0 saturated carbocycles. The Bertz CT molecular complexity index is 2030. The number of benzene rings is 3. The number of aromatic nitrogens is 4. The van der Waals surface area contributed by atoms with Crippen LogP contribution in [-0.4, -0.2) is 76.9 Å². The molecule has 5 aromatic rings. The van der Waals surface area contributed by atoms with Crippen LogP contribution in [0.3, 0.4) is 0 Å². The molecule has 3 amide bonds. The number of H-pyrrole nitrogens is 1. The zero-order chi connectivity index (χ0) is 34.7. The first-order chi connectivity index (χ1) is 23.7. The van der Waals surface area contributed by atoms with Gasteiger partial charge in [0.25, 0.3) is 5.56 Å². The van der Waals surface area contributed by atoms with Crippen LogP contribution < -0.4 is 30.3 Å². The van der Waals surface area contributed by atoms with Crippen LogP contribution >= 0.6 is 0 Å². The van der Waals surface area contributed by atoms with Gasteiger partial charge in [0.1, 0.15) is 23.1 Å². The van der Waals surface area contributed by atoms with Crippen molar-refractivity contribution in [1.29, 1.82) is 0 Å². The average molecular weight is 673 g/mol. The van der Waals surface area contributed by atoms with Gasteiger partial charge in [-0.2, -0.15) is 0 Å². The third-order valence-electron chi connectivity index (χ3n) is 8.34. The molecule has 3 heterocycles. The summed E-state index contributed by atoms with van der Waals surface area (Å²) in [6.07, 6.45) is 3.27. The quantitative estimate of drug-likeness (QED) is 0.237. The first kappa shape index (κ1) is 32.9. The number of nitrogens with one attached hydrogen (secondary N) is 2. The highest BCUT2D eigenvalue weighted by Crippen LogP contribution is 2.37. The number of methoxy groups -OCH3 is 2. The fourth-order valence-electron chi connectivity index (χ4n) is 5.82. The monoisotopic (exact) mass is 672 g/mol. The first-order valence-electron chi connectivity index (χ1n) is 15.5. The van der Waals surface area contributed by atoms with E-state index in [1.165, 1.54) is 72.6 Å². The first-order valence-corrected chi connectivity index (χ1v) is 15.5. The number of fused-ring (bicyclic) bond motifs is 1. The molecule has 0 bridgehead atoms. The van der Waals surface area contributed by atoms with Crippen LogP contribution in [0.5, 0.6) is 11.5 Å². The summed E-state index contributed by atoms with van der Waals surface area (Å²) in [7, 11) is 2.94. The molecule has 1 aliphatic rings. The van der Waals surface area contributed by atoms with E-state index in [0.29, 0.717) is 35.9 Å². The van der Waals surface area contributed by atoms with E-state index in [-0.39, 0.29) is 47.9 Å². The maximum absolute atomic E-state index is 14.5. The van der Waals surface area contributed by atoms with Crippen molar-refractivity contribution in [1.82, 2.24) is 24.5 Å². The highest BCUT2D eigenvalue weighted by molar-refractivity contribution is 6.03. The van der Waals surface area contributed by atoms with Crippen LogP contribution in [0.25, 0.3) is 10.9 Å². The summed E-state index contributed by atoms with van der Waals surface area (Å²) in [4.78, 5) is 56.1. The molecule has 49 heavy (non-hydrogen) atoms. The molecular formula is C34H34F2N8O5. The minimum absolute atomic E-state index is 0.0906. The maximum Gasteiger partial charge on any atom is 0.327 e. The Morgan fingerprint density at radius 3 is 2.39 bits per heavy atom. The predicted octanol–water partition coefficient (Wildman–Crippen LogP) is 4.24. The minimum Gasteiger partial charge on any atom is -0.497 e. The fourth-order valence-corrected chi connectivity index (χ4v) is 5.82. The van der Waals surface area contributed by atoms with Gasteiger partial charge < -0.3 is 29.7 Å². The van der Waals surface area contributed by atoms with Crippen molar-refractivity contribution >= 4 is 34.2 Å². The average Bonchev–Trinajstić information content (AvgIpc) is 3.62. The number of nitrogens with zero attached hydrogens (tertiary/aromatic N) is 6. The van der Waals surface area contributed by atoms with Crippen LogP contribution in [0.2, 0.25) is 0 Å². The number of halogens is 2. The van der Waals surface area contributed by atoms with E-state index in [1.54, 1.807) is 41.2 Å². The second-order valence-corrected chi connectivity index (χ2v) is 11.4. The Labute approximate surface area is 279 Å². The van der Waals surface area contributed by atoms with E-state index in [2.05, 4.69) is 15.3 Å². The summed E-state index contributed by atoms with van der Waals surface area (Å²) >= 11 is 0. The van der Waals surface area contributed by atoms with E-state index in [1.807, 2.05) is 0 Å². The van der Waals surface area contributed by atoms with Crippen molar-refractivity contribution in [3.63, 3.8) is 0 Å². The maximum atomic E-state index is 14.5. The summed E-state index contributed by atoms with van der Waals surface area (Å²) in [5.74, 6) is -0.254. The Hall–Kier alpha value is -5.99. The molecule has 1 aliphatic heterocycles. The molecule has 0 aliphatic carbocycles. The van der Waals surface area contributed by atoms with Gasteiger partial charge in [-0.3, -0.25) is 14.5 Å². The second-order valence-electron chi connectivity index (χ2n) is 11.4. The van der Waals surface area contributed by atoms with Crippen LogP contribution in [0.1, 0.15) is 24.5 Å². The molecule has 2 aromatic heterocycles. The number of anilines is 2. The van der Waals surface area contributed by atoms with E-state index in [0.717, 1.165) is 0 Å². The van der Waals surface area contributed by atoms with Gasteiger partial charge in [0.05, 0.1) is 62.7 Å². The number of amides is 3. The smallest absolute Gasteiger partial charge is 0.327 e. The molecule has 15 heteroatoms. The van der Waals surface area contributed by atoms with Crippen LogP contribution in [-0.2, 0) is 11.2 Å². The summed E-state index contributed by atoms with van der Waals surface area (Å²) in [6, 6.07) is 12.3. The van der Waals surface area contributed by atoms with Gasteiger partial charge >= 0.3 is 6.03 Å². The third-order valence-corrected chi connectivity index (χ3v) is 8.34. The van der Waals surface area contributed by atoms with Gasteiger partial charge in [0.15, 0.2) is 5.82 Å². The lowest BCUT2D eigenvalue weighted by Gasteiger charge is -2.39. The Kier molecular flexibility index (Phi) is 9.42. The molecule has 254 valence electrons. The number of ether oxygens (including phenoxy) is 2. The van der Waals surface area contributed by atoms with Crippen molar-refractivity contribution in [2.45, 2.75) is 19.4 Å². The van der Waals surface area contributed by atoms with Crippen LogP contribution in [0.15, 0.2) is 78.0 Å². The SMILES string of the molecule is COc1ccc(N(C(=O)Nc2ccc(F)cc2)C(C)c2nc3cc(F)ccc3c(=O)n2N2CCN(C(=O)Cc3cnc[nH]3)CC2)c(OC)c1. The van der Waals surface area contributed by atoms with Crippen molar-refractivity contribution in [3.8, 4) is 11.5 Å². The van der Waals surface area contributed by atoms with Gasteiger partial charge in [-0.25, -0.2) is 28.2 Å². The lowest BCUT2D eigenvalue weighted by atomic mass is 10.1. The highest BCUT2D eigenvalue weighted by Gasteiger charge is 2.33. The number of hydrogen-bond donors (Lipinski definition) is 2. The summed E-state index contributed by atoms with van der Waals surface area (Å²) < 4.78 is 40.6. The van der Waals surface area contributed by atoms with Crippen molar-refractivity contribution < 1.29 is 27.8 Å². The number of carbonyl (C=O) groups is 2. The standard InChI is InChI=1S/C34H34F2N8O5/c1-21(43(29-11-9-26(48-2)18-30(29)49-3)34(47)39-24-7-4-22(35)5-8-24)32-40-28-16-23(36)6-10-27(28)33(46)44(32)42-14-12-41(13-15-42)31(45)17-25-19-37-20-38-25/h4-11,16,18-21H,12-15,17H2,1-3H3,(H,37,38)(H,39,47). The molecule has 3 aromatic carbocycles. The van der Waals surface area contributed by atoms with Crippen molar-refractivity contribution in [3.05, 3.63) is 107 Å². The van der Waals surface area contributed by atoms with Gasteiger partial charge in [-0.15, -0.1) is 0 Å². The summed E-state index contributed by atoms with van der Waals surface area (Å²) in [5, 5.41) is 4.74. The number of imidazole rings is 1. The molecule has 2 N–H and O–H groups in total. The summed E-state index contributed by atoms with van der Waals surface area (Å²) in [6.45, 7) is 2.86. The largest absolute Gasteiger partial charge is 0.497 e. The van der Waals surface area contributed by atoms with Gasteiger partial charge in [0.2, 0.25) is 5.91 Å². The minimum atomic E-state index is -0.969. The number of carbonyl (C=O) groups excluding carboxylic acids is 2. The molecular weight excluding hydrogens is 638 g/mol. The molecule has 0 spiro atoms. The van der Waals surface area contributed by atoms with Gasteiger partial charge in [0, 0.05) is 42.8 Å². The van der Waals surface area contributed by atoms with E-state index >= 15 is 0 Å². The zero-order valence-corrected chi connectivity index (χ0v) is 27.0. The Morgan fingerprint density at radius 1 is 0.980 bits per heavy atom. The lowest BCUT2D eigenvalue weighted by molar-refractivity contribution is -0.130. The molecule has 1 atom stereocenters. The number of aromatic amines is 1. The predicted molar refractivity (Wildman–Crippen MR) is 179 cm³/mol.